The number of carbonyl (C=O) groups is 1. The molecule has 1 fully saturated rings. The first kappa shape index (κ1) is 41.2. The third kappa shape index (κ3) is 12.2. The maximum Gasteiger partial charge on any atom is 0.303 e. The summed E-state index contributed by atoms with van der Waals surface area (Å²) in [4.78, 5) is 12.2. The molecule has 1 aromatic rings. The summed E-state index contributed by atoms with van der Waals surface area (Å²) < 4.78 is 30.4. The number of allylic oxidation sites excluding steroid dienone is 1. The highest BCUT2D eigenvalue weighted by molar-refractivity contribution is 6.82. The van der Waals surface area contributed by atoms with Gasteiger partial charge >= 0.3 is 5.97 Å². The van der Waals surface area contributed by atoms with Gasteiger partial charge < -0.3 is 28.5 Å². The number of hydrogen-bond donors (Lipinski definition) is 1. The molecule has 0 radical (unpaired) electrons. The Morgan fingerprint density at radius 2 is 1.66 bits per heavy atom. The predicted octanol–water partition coefficient (Wildman–Crippen LogP) is 8.55. The smallest absolute Gasteiger partial charge is 0.303 e. The lowest BCUT2D eigenvalue weighted by Crippen LogP contribution is -2.47. The first-order valence-corrected chi connectivity index (χ1v) is 23.6. The molecule has 1 aliphatic heterocycles. The number of esters is 1. The van der Waals surface area contributed by atoms with E-state index >= 15 is 0 Å². The maximum absolute atomic E-state index is 12.2. The summed E-state index contributed by atoms with van der Waals surface area (Å²) in [7, 11) is -1.94. The van der Waals surface area contributed by atoms with E-state index in [1.54, 1.807) is 7.11 Å². The van der Waals surface area contributed by atoms with Gasteiger partial charge in [-0.15, -0.1) is 0 Å². The molecule has 0 saturated carbocycles. The molecule has 9 atom stereocenters. The first-order chi connectivity index (χ1) is 21.6. The van der Waals surface area contributed by atoms with Crippen molar-refractivity contribution in [3.63, 3.8) is 0 Å². The van der Waals surface area contributed by atoms with Crippen molar-refractivity contribution in [1.29, 1.82) is 0 Å². The van der Waals surface area contributed by atoms with Crippen LogP contribution in [0.25, 0.3) is 0 Å². The van der Waals surface area contributed by atoms with E-state index in [9.17, 15) is 9.90 Å². The van der Waals surface area contributed by atoms with Crippen LogP contribution in [0.4, 0.5) is 0 Å². The molecule has 1 aliphatic rings. The van der Waals surface area contributed by atoms with Gasteiger partial charge in [0.05, 0.1) is 40.1 Å². The van der Waals surface area contributed by atoms with Crippen molar-refractivity contribution in [3.05, 3.63) is 41.1 Å². The van der Waals surface area contributed by atoms with Gasteiger partial charge in [0.1, 0.15) is 5.75 Å². The number of rotatable bonds is 13. The van der Waals surface area contributed by atoms with Crippen molar-refractivity contribution in [1.82, 2.24) is 0 Å². The van der Waals surface area contributed by atoms with Crippen molar-refractivity contribution in [2.75, 3.05) is 13.7 Å². The number of hydrogen-bond acceptors (Lipinski definition) is 7. The molecule has 9 heteroatoms. The van der Waals surface area contributed by atoms with Crippen LogP contribution in [0.1, 0.15) is 80.6 Å². The fraction of sp³-hybridized carbons (Fsp3) is 0.711. The highest BCUT2D eigenvalue weighted by Crippen LogP contribution is 2.40. The van der Waals surface area contributed by atoms with Crippen molar-refractivity contribution >= 4 is 22.4 Å². The van der Waals surface area contributed by atoms with Crippen molar-refractivity contribution in [2.45, 2.75) is 137 Å². The molecule has 0 aliphatic carbocycles. The summed E-state index contributed by atoms with van der Waals surface area (Å²) in [5, 5.41) is 13.0. The van der Waals surface area contributed by atoms with E-state index in [4.69, 9.17) is 23.4 Å². The van der Waals surface area contributed by atoms with Gasteiger partial charge in [-0.2, -0.15) is 0 Å². The average molecular weight is 689 g/mol. The summed E-state index contributed by atoms with van der Waals surface area (Å²) in [6.07, 6.45) is 0.0581. The quantitative estimate of drug-likeness (QED) is 0.126. The number of methoxy groups -OCH3 is 1. The largest absolute Gasteiger partial charge is 0.497 e. The summed E-state index contributed by atoms with van der Waals surface area (Å²) in [6.45, 7) is 30.9. The molecule has 0 aromatic heterocycles. The van der Waals surface area contributed by atoms with Crippen LogP contribution in [0.15, 0.2) is 35.5 Å². The molecule has 0 unspecified atom stereocenters. The highest BCUT2D eigenvalue weighted by atomic mass is 28.4. The minimum atomic E-state index is -2.12. The van der Waals surface area contributed by atoms with Crippen molar-refractivity contribution in [3.8, 4) is 17.6 Å². The second-order valence-corrected chi connectivity index (χ2v) is 26.2. The Balaban J connectivity index is 2.30. The lowest BCUT2D eigenvalue weighted by Gasteiger charge is -2.42. The maximum atomic E-state index is 12.2. The Labute approximate surface area is 288 Å². The molecule has 7 nitrogen and oxygen atoms in total. The average Bonchev–Trinajstić information content (AvgIpc) is 2.97. The zero-order chi connectivity index (χ0) is 35.9. The van der Waals surface area contributed by atoms with Gasteiger partial charge in [0.15, 0.2) is 20.7 Å². The summed E-state index contributed by atoms with van der Waals surface area (Å²) in [5.41, 5.74) is 0.889. The zero-order valence-corrected chi connectivity index (χ0v) is 33.9. The third-order valence-electron chi connectivity index (χ3n) is 10.0. The van der Waals surface area contributed by atoms with Gasteiger partial charge in [-0.3, -0.25) is 4.79 Å². The Morgan fingerprint density at radius 1 is 1.06 bits per heavy atom. The lowest BCUT2D eigenvalue weighted by molar-refractivity contribution is -0.256. The van der Waals surface area contributed by atoms with E-state index < -0.39 is 40.9 Å². The monoisotopic (exact) mass is 688 g/mol. The summed E-state index contributed by atoms with van der Waals surface area (Å²) in [6, 6.07) is 7.61. The Kier molecular flexibility index (Phi) is 15.0. The van der Waals surface area contributed by atoms with Crippen LogP contribution >= 0.6 is 0 Å². The van der Waals surface area contributed by atoms with Crippen LogP contribution in [-0.4, -0.2) is 65.6 Å². The minimum Gasteiger partial charge on any atom is -0.497 e. The van der Waals surface area contributed by atoms with E-state index in [2.05, 4.69) is 99.1 Å². The molecule has 2 rings (SSSR count). The first-order valence-electron chi connectivity index (χ1n) is 17.2. The van der Waals surface area contributed by atoms with Gasteiger partial charge in [-0.1, -0.05) is 96.4 Å². The molecule has 1 aromatic carbocycles. The van der Waals surface area contributed by atoms with Crippen LogP contribution in [-0.2, 0) is 23.4 Å². The van der Waals surface area contributed by atoms with E-state index in [0.717, 1.165) is 11.3 Å². The van der Waals surface area contributed by atoms with Crippen LogP contribution in [0.2, 0.25) is 37.8 Å². The second kappa shape index (κ2) is 17.1. The predicted molar refractivity (Wildman–Crippen MR) is 196 cm³/mol. The Bertz CT molecular complexity index is 1240. The fourth-order valence-electron chi connectivity index (χ4n) is 5.45. The number of benzene rings is 1. The van der Waals surface area contributed by atoms with Crippen molar-refractivity contribution < 1.29 is 33.3 Å². The number of carbonyl (C=O) groups excluding carboxylic acids is 1. The SMILES string of the molecule is COc1ccc([C@H]2OC[C@H](C)[C@H]([C@@H](C)[C@@H](O)C[C@@H](C#C[C@H](C)[C@H](O[Si](C)(C)C(C)(C)C)[C@@H](C)/C=C(\C)[Si](C)(C)C)OC(C)=O)O2)cc1. The van der Waals surface area contributed by atoms with E-state index in [1.165, 1.54) is 12.1 Å². The second-order valence-electron chi connectivity index (χ2n) is 16.2. The zero-order valence-electron chi connectivity index (χ0n) is 31.9. The Hall–Kier alpha value is -1.94. The van der Waals surface area contributed by atoms with Crippen LogP contribution in [0.3, 0.4) is 0 Å². The molecular weight excluding hydrogens is 625 g/mol. The van der Waals surface area contributed by atoms with Gasteiger partial charge in [-0.25, -0.2) is 0 Å². The van der Waals surface area contributed by atoms with Crippen LogP contribution in [0.5, 0.6) is 5.75 Å². The topological polar surface area (TPSA) is 83.5 Å². The third-order valence-corrected chi connectivity index (χ3v) is 17.1. The van der Waals surface area contributed by atoms with Gasteiger partial charge in [0, 0.05) is 42.6 Å². The van der Waals surface area contributed by atoms with E-state index in [1.807, 2.05) is 31.2 Å². The van der Waals surface area contributed by atoms with E-state index in [0.29, 0.717) is 6.61 Å². The molecular formula is C38H64O7Si2. The summed E-state index contributed by atoms with van der Waals surface area (Å²) >= 11 is 0. The van der Waals surface area contributed by atoms with E-state index in [-0.39, 0.29) is 47.3 Å². The molecule has 266 valence electrons. The number of aliphatic hydroxyl groups excluding tert-OH is 1. The molecule has 0 spiro atoms. The Morgan fingerprint density at radius 3 is 2.17 bits per heavy atom. The number of aliphatic hydroxyl groups is 1. The van der Waals surface area contributed by atoms with Gasteiger partial charge in [0.25, 0.3) is 0 Å². The summed E-state index contributed by atoms with van der Waals surface area (Å²) in [5.74, 6) is 6.81. The molecule has 47 heavy (non-hydrogen) atoms. The van der Waals surface area contributed by atoms with Gasteiger partial charge in [-0.05, 0) is 44.1 Å². The van der Waals surface area contributed by atoms with Crippen LogP contribution in [0, 0.1) is 35.5 Å². The lowest BCUT2D eigenvalue weighted by atomic mass is 9.86. The normalized spacial score (nSPS) is 23.4. The standard InChI is InChI=1S/C38H64O7Si2/c1-25(35(45-47(14,15)38(7,8)9)26(2)22-28(4)46(11,12)13)16-19-33(43-30(6)39)23-34(40)29(5)36-27(3)24-42-37(44-36)31-17-20-32(41-10)21-18-31/h17-18,20-22,25-27,29,33-37,40H,23-24H2,1-15H3/b28-22+/t25-,26-,27-,29-,33+,34-,35-,36+,37-/m0/s1. The molecule has 1 saturated heterocycles. The molecule has 1 N–H and O–H groups in total. The fourth-order valence-corrected chi connectivity index (χ4v) is 7.66. The van der Waals surface area contributed by atoms with Gasteiger partial charge in [0.2, 0.25) is 0 Å². The van der Waals surface area contributed by atoms with Crippen LogP contribution < -0.4 is 4.74 Å². The molecule has 0 bridgehead atoms. The van der Waals surface area contributed by atoms with Crippen molar-refractivity contribution in [2.24, 2.45) is 23.7 Å². The number of ether oxygens (including phenoxy) is 4. The minimum absolute atomic E-state index is 0.0475. The molecule has 1 heterocycles. The highest BCUT2D eigenvalue weighted by Gasteiger charge is 2.41. The molecule has 0 amide bonds.